The van der Waals surface area contributed by atoms with E-state index in [2.05, 4.69) is 10.6 Å². The van der Waals surface area contributed by atoms with Gasteiger partial charge in [0.2, 0.25) is 5.91 Å². The molecule has 0 aromatic heterocycles. The first-order chi connectivity index (χ1) is 16.6. The lowest BCUT2D eigenvalue weighted by molar-refractivity contribution is -0.137. The molecule has 1 saturated heterocycles. The summed E-state index contributed by atoms with van der Waals surface area (Å²) in [4.78, 5) is 41.7. The first-order valence-electron chi connectivity index (χ1n) is 11.6. The standard InChI is InChI=1S/C25H29F3N4O3/c1-3-31(4-2)24(35)32-14-12-17(13-15-32)22(33)30-21-11-6-5-10-20(21)23(34)29-19-9-7-8-18(16-19)25(26,27)28/h5-11,16-17H,3-4,12-15H2,1-2H3,(H,29,34)(H,30,33). The van der Waals surface area contributed by atoms with Crippen molar-refractivity contribution in [3.63, 3.8) is 0 Å². The summed E-state index contributed by atoms with van der Waals surface area (Å²) in [5.74, 6) is -1.23. The Bertz CT molecular complexity index is 1060. The molecule has 0 unspecified atom stereocenters. The van der Waals surface area contributed by atoms with Crippen molar-refractivity contribution in [3.05, 3.63) is 59.7 Å². The van der Waals surface area contributed by atoms with E-state index in [1.165, 1.54) is 18.2 Å². The summed E-state index contributed by atoms with van der Waals surface area (Å²) >= 11 is 0. The van der Waals surface area contributed by atoms with Crippen molar-refractivity contribution in [3.8, 4) is 0 Å². The van der Waals surface area contributed by atoms with E-state index in [9.17, 15) is 27.6 Å². The number of piperidine rings is 1. The topological polar surface area (TPSA) is 81.8 Å². The number of carbonyl (C=O) groups excluding carboxylic acids is 3. The minimum atomic E-state index is -4.53. The molecule has 1 heterocycles. The normalized spacial score (nSPS) is 14.4. The minimum Gasteiger partial charge on any atom is -0.325 e. The Morgan fingerprint density at radius 3 is 2.26 bits per heavy atom. The van der Waals surface area contributed by atoms with Gasteiger partial charge in [0.25, 0.3) is 5.91 Å². The van der Waals surface area contributed by atoms with Crippen LogP contribution < -0.4 is 10.6 Å². The Balaban J connectivity index is 1.64. The molecule has 0 radical (unpaired) electrons. The van der Waals surface area contributed by atoms with Gasteiger partial charge >= 0.3 is 12.2 Å². The summed E-state index contributed by atoms with van der Waals surface area (Å²) < 4.78 is 38.9. The highest BCUT2D eigenvalue weighted by Crippen LogP contribution is 2.31. The van der Waals surface area contributed by atoms with E-state index < -0.39 is 17.6 Å². The van der Waals surface area contributed by atoms with Crippen molar-refractivity contribution < 1.29 is 27.6 Å². The molecular formula is C25H29F3N4O3. The third-order valence-corrected chi connectivity index (χ3v) is 6.05. The molecule has 1 aliphatic rings. The molecule has 1 fully saturated rings. The molecule has 2 N–H and O–H groups in total. The van der Waals surface area contributed by atoms with Crippen LogP contribution in [0.5, 0.6) is 0 Å². The maximum atomic E-state index is 13.0. The summed E-state index contributed by atoms with van der Waals surface area (Å²) in [5.41, 5.74) is -0.477. The van der Waals surface area contributed by atoms with Crippen molar-refractivity contribution in [1.29, 1.82) is 0 Å². The van der Waals surface area contributed by atoms with Crippen molar-refractivity contribution in [1.82, 2.24) is 9.80 Å². The van der Waals surface area contributed by atoms with Crippen LogP contribution in [0.25, 0.3) is 0 Å². The summed E-state index contributed by atoms with van der Waals surface area (Å²) in [6, 6.07) is 10.6. The Hall–Kier alpha value is -3.56. The van der Waals surface area contributed by atoms with Gasteiger partial charge in [0, 0.05) is 37.8 Å². The molecule has 4 amide bonds. The number of nitrogens with zero attached hydrogens (tertiary/aromatic N) is 2. The molecule has 2 aromatic carbocycles. The zero-order chi connectivity index (χ0) is 25.6. The molecule has 0 bridgehead atoms. The van der Waals surface area contributed by atoms with Crippen molar-refractivity contribution in [2.75, 3.05) is 36.8 Å². The van der Waals surface area contributed by atoms with E-state index in [0.29, 0.717) is 39.0 Å². The Kier molecular flexibility index (Phi) is 8.37. The number of hydrogen-bond acceptors (Lipinski definition) is 3. The van der Waals surface area contributed by atoms with Crippen LogP contribution in [-0.4, -0.2) is 53.8 Å². The molecule has 0 atom stereocenters. The maximum Gasteiger partial charge on any atom is 0.416 e. The number of amides is 4. The van der Waals surface area contributed by atoms with Crippen LogP contribution in [-0.2, 0) is 11.0 Å². The third kappa shape index (κ3) is 6.52. The van der Waals surface area contributed by atoms with Crippen LogP contribution in [0.3, 0.4) is 0 Å². The average molecular weight is 491 g/mol. The van der Waals surface area contributed by atoms with Crippen molar-refractivity contribution in [2.45, 2.75) is 32.9 Å². The summed E-state index contributed by atoms with van der Waals surface area (Å²) in [6.07, 6.45) is -3.53. The van der Waals surface area contributed by atoms with Gasteiger partial charge in [-0.3, -0.25) is 9.59 Å². The lowest BCUT2D eigenvalue weighted by atomic mass is 9.95. The zero-order valence-corrected chi connectivity index (χ0v) is 19.7. The molecular weight excluding hydrogens is 461 g/mol. The number of para-hydroxylation sites is 1. The number of nitrogens with one attached hydrogen (secondary N) is 2. The smallest absolute Gasteiger partial charge is 0.325 e. The van der Waals surface area contributed by atoms with Crippen molar-refractivity contribution in [2.24, 2.45) is 5.92 Å². The monoisotopic (exact) mass is 490 g/mol. The van der Waals surface area contributed by atoms with Crippen LogP contribution in [0, 0.1) is 5.92 Å². The minimum absolute atomic E-state index is 0.00352. The maximum absolute atomic E-state index is 13.0. The van der Waals surface area contributed by atoms with Gasteiger partial charge < -0.3 is 20.4 Å². The van der Waals surface area contributed by atoms with E-state index in [-0.39, 0.29) is 34.8 Å². The Morgan fingerprint density at radius 2 is 1.63 bits per heavy atom. The van der Waals surface area contributed by atoms with E-state index in [4.69, 9.17) is 0 Å². The SMILES string of the molecule is CCN(CC)C(=O)N1CCC(C(=O)Nc2ccccc2C(=O)Nc2cccc(C(F)(F)F)c2)CC1. The summed E-state index contributed by atoms with van der Waals surface area (Å²) in [6.45, 7) is 6.00. The fourth-order valence-corrected chi connectivity index (χ4v) is 4.02. The first kappa shape index (κ1) is 26.1. The molecule has 0 saturated carbocycles. The number of halogens is 3. The number of anilines is 2. The number of rotatable bonds is 6. The van der Waals surface area contributed by atoms with Gasteiger partial charge in [0.1, 0.15) is 0 Å². The van der Waals surface area contributed by atoms with Crippen molar-refractivity contribution >= 4 is 29.2 Å². The number of likely N-dealkylation sites (tertiary alicyclic amines) is 1. The molecule has 10 heteroatoms. The largest absolute Gasteiger partial charge is 0.416 e. The number of hydrogen-bond donors (Lipinski definition) is 2. The van der Waals surface area contributed by atoms with Gasteiger partial charge in [-0.1, -0.05) is 18.2 Å². The van der Waals surface area contributed by atoms with Crippen LogP contribution in [0.15, 0.2) is 48.5 Å². The Morgan fingerprint density at radius 1 is 0.971 bits per heavy atom. The van der Waals surface area contributed by atoms with Crippen LogP contribution >= 0.6 is 0 Å². The fraction of sp³-hybridized carbons (Fsp3) is 0.400. The Labute approximate surface area is 202 Å². The predicted octanol–water partition coefficient (Wildman–Crippen LogP) is 5.07. The highest BCUT2D eigenvalue weighted by molar-refractivity contribution is 6.10. The van der Waals surface area contributed by atoms with E-state index in [1.807, 2.05) is 13.8 Å². The fourth-order valence-electron chi connectivity index (χ4n) is 4.02. The molecule has 0 spiro atoms. The second-order valence-corrected chi connectivity index (χ2v) is 8.28. The van der Waals surface area contributed by atoms with Gasteiger partial charge in [0.15, 0.2) is 0 Å². The summed E-state index contributed by atoms with van der Waals surface area (Å²) in [7, 11) is 0. The number of carbonyl (C=O) groups is 3. The molecule has 7 nitrogen and oxygen atoms in total. The van der Waals surface area contributed by atoms with E-state index in [0.717, 1.165) is 12.1 Å². The third-order valence-electron chi connectivity index (χ3n) is 6.05. The molecule has 35 heavy (non-hydrogen) atoms. The van der Waals surface area contributed by atoms with Crippen LogP contribution in [0.1, 0.15) is 42.6 Å². The van der Waals surface area contributed by atoms with E-state index in [1.54, 1.807) is 28.0 Å². The second kappa shape index (κ2) is 11.2. The molecule has 2 aromatic rings. The van der Waals surface area contributed by atoms with Crippen LogP contribution in [0.2, 0.25) is 0 Å². The molecule has 3 rings (SSSR count). The molecule has 1 aliphatic heterocycles. The van der Waals surface area contributed by atoms with Gasteiger partial charge in [-0.15, -0.1) is 0 Å². The zero-order valence-electron chi connectivity index (χ0n) is 19.7. The highest BCUT2D eigenvalue weighted by Gasteiger charge is 2.31. The summed E-state index contributed by atoms with van der Waals surface area (Å²) in [5, 5.41) is 5.24. The lowest BCUT2D eigenvalue weighted by Gasteiger charge is -2.34. The molecule has 0 aliphatic carbocycles. The van der Waals surface area contributed by atoms with Gasteiger partial charge in [-0.25, -0.2) is 4.79 Å². The molecule has 188 valence electrons. The second-order valence-electron chi connectivity index (χ2n) is 8.28. The average Bonchev–Trinajstić information content (AvgIpc) is 2.84. The van der Waals surface area contributed by atoms with Gasteiger partial charge in [-0.05, 0) is 57.0 Å². The lowest BCUT2D eigenvalue weighted by Crippen LogP contribution is -2.47. The van der Waals surface area contributed by atoms with Gasteiger partial charge in [-0.2, -0.15) is 13.2 Å². The predicted molar refractivity (Wildman–Crippen MR) is 127 cm³/mol. The highest BCUT2D eigenvalue weighted by atomic mass is 19.4. The first-order valence-corrected chi connectivity index (χ1v) is 11.6. The quantitative estimate of drug-likeness (QED) is 0.593. The van der Waals surface area contributed by atoms with Gasteiger partial charge in [0.05, 0.1) is 16.8 Å². The number of urea groups is 1. The number of benzene rings is 2. The van der Waals surface area contributed by atoms with E-state index >= 15 is 0 Å². The van der Waals surface area contributed by atoms with Crippen LogP contribution in [0.4, 0.5) is 29.3 Å². The number of alkyl halides is 3.